The second-order valence-corrected chi connectivity index (χ2v) is 6.64. The summed E-state index contributed by atoms with van der Waals surface area (Å²) in [7, 11) is 0. The molecule has 4 atom stereocenters. The fourth-order valence-corrected chi connectivity index (χ4v) is 3.71. The zero-order chi connectivity index (χ0) is 13.0. The summed E-state index contributed by atoms with van der Waals surface area (Å²) in [5, 5.41) is 3.83. The van der Waals surface area contributed by atoms with E-state index >= 15 is 0 Å². The average molecular weight is 253 g/mol. The Bertz CT molecular complexity index is 241. The van der Waals surface area contributed by atoms with Gasteiger partial charge in [-0.25, -0.2) is 0 Å². The third-order valence-electron chi connectivity index (χ3n) is 5.08. The lowest BCUT2D eigenvalue weighted by atomic mass is 9.79. The predicted octanol–water partition coefficient (Wildman–Crippen LogP) is 3.61. The minimum Gasteiger partial charge on any atom is -0.378 e. The molecular weight excluding hydrogens is 222 g/mol. The predicted molar refractivity (Wildman–Crippen MR) is 76.7 cm³/mol. The van der Waals surface area contributed by atoms with Gasteiger partial charge in [-0.05, 0) is 43.4 Å². The Kier molecular flexibility index (Phi) is 5.50. The smallest absolute Gasteiger partial charge is 0.0613 e. The highest BCUT2D eigenvalue weighted by molar-refractivity contribution is 4.83. The summed E-state index contributed by atoms with van der Waals surface area (Å²) in [6, 6.07) is 0.768. The van der Waals surface area contributed by atoms with Gasteiger partial charge < -0.3 is 10.1 Å². The first-order valence-electron chi connectivity index (χ1n) is 8.05. The molecule has 0 amide bonds. The molecule has 2 rings (SSSR count). The van der Waals surface area contributed by atoms with Gasteiger partial charge in [0.25, 0.3) is 0 Å². The summed E-state index contributed by atoms with van der Waals surface area (Å²) in [6.07, 6.45) is 8.58. The summed E-state index contributed by atoms with van der Waals surface area (Å²) >= 11 is 0. The van der Waals surface area contributed by atoms with Crippen LogP contribution in [0.1, 0.15) is 59.3 Å². The van der Waals surface area contributed by atoms with E-state index in [-0.39, 0.29) is 0 Å². The highest BCUT2D eigenvalue weighted by atomic mass is 16.5. The fourth-order valence-electron chi connectivity index (χ4n) is 3.71. The zero-order valence-corrected chi connectivity index (χ0v) is 12.5. The van der Waals surface area contributed by atoms with E-state index in [1.54, 1.807) is 0 Å². The van der Waals surface area contributed by atoms with E-state index in [1.807, 2.05) is 0 Å². The molecule has 1 aliphatic heterocycles. The van der Waals surface area contributed by atoms with Gasteiger partial charge in [0.2, 0.25) is 0 Å². The largest absolute Gasteiger partial charge is 0.378 e. The van der Waals surface area contributed by atoms with Crippen molar-refractivity contribution < 1.29 is 4.74 Å². The standard InChI is InChI=1S/C16H31NO/c1-4-16-14(8-9-18-16)11-17-15-7-5-6-13(10-15)12(2)3/h12-17H,4-11H2,1-3H3. The number of nitrogens with one attached hydrogen (secondary N) is 1. The van der Waals surface area contributed by atoms with Crippen LogP contribution < -0.4 is 5.32 Å². The lowest BCUT2D eigenvalue weighted by Gasteiger charge is -2.33. The summed E-state index contributed by atoms with van der Waals surface area (Å²) < 4.78 is 5.77. The molecule has 0 aromatic rings. The van der Waals surface area contributed by atoms with Crippen LogP contribution in [0.4, 0.5) is 0 Å². The van der Waals surface area contributed by atoms with E-state index in [0.29, 0.717) is 6.10 Å². The first-order valence-corrected chi connectivity index (χ1v) is 8.05. The van der Waals surface area contributed by atoms with Gasteiger partial charge in [0.1, 0.15) is 0 Å². The quantitative estimate of drug-likeness (QED) is 0.808. The van der Waals surface area contributed by atoms with Gasteiger partial charge >= 0.3 is 0 Å². The van der Waals surface area contributed by atoms with Crippen LogP contribution in [0.25, 0.3) is 0 Å². The molecule has 2 fully saturated rings. The number of ether oxygens (including phenoxy) is 1. The van der Waals surface area contributed by atoms with E-state index in [1.165, 1.54) is 45.1 Å². The van der Waals surface area contributed by atoms with E-state index in [0.717, 1.165) is 30.4 Å². The molecule has 2 heteroatoms. The Hall–Kier alpha value is -0.0800. The first-order chi connectivity index (χ1) is 8.70. The van der Waals surface area contributed by atoms with E-state index in [2.05, 4.69) is 26.1 Å². The SMILES string of the molecule is CCC1OCCC1CNC1CCCC(C(C)C)C1. The zero-order valence-electron chi connectivity index (χ0n) is 12.5. The molecule has 1 saturated carbocycles. The molecule has 0 aromatic carbocycles. The number of rotatable bonds is 5. The van der Waals surface area contributed by atoms with E-state index in [9.17, 15) is 0 Å². The van der Waals surface area contributed by atoms with Crippen LogP contribution in [-0.4, -0.2) is 25.3 Å². The minimum atomic E-state index is 0.516. The lowest BCUT2D eigenvalue weighted by molar-refractivity contribution is 0.0855. The monoisotopic (exact) mass is 253 g/mol. The van der Waals surface area contributed by atoms with Crippen LogP contribution in [0.5, 0.6) is 0 Å². The average Bonchev–Trinajstić information content (AvgIpc) is 2.84. The molecule has 2 aliphatic rings. The van der Waals surface area contributed by atoms with Crippen molar-refractivity contribution in [2.75, 3.05) is 13.2 Å². The molecule has 1 N–H and O–H groups in total. The third kappa shape index (κ3) is 3.71. The van der Waals surface area contributed by atoms with Gasteiger partial charge in [-0.3, -0.25) is 0 Å². The van der Waals surface area contributed by atoms with Crippen molar-refractivity contribution in [1.29, 1.82) is 0 Å². The first kappa shape index (κ1) is 14.3. The fraction of sp³-hybridized carbons (Fsp3) is 1.00. The van der Waals surface area contributed by atoms with Crippen LogP contribution >= 0.6 is 0 Å². The molecule has 1 heterocycles. The Morgan fingerprint density at radius 3 is 2.78 bits per heavy atom. The summed E-state index contributed by atoms with van der Waals surface area (Å²) in [5.41, 5.74) is 0. The maximum Gasteiger partial charge on any atom is 0.0613 e. The second kappa shape index (κ2) is 6.91. The topological polar surface area (TPSA) is 21.3 Å². The molecule has 0 bridgehead atoms. The van der Waals surface area contributed by atoms with Crippen LogP contribution in [0.3, 0.4) is 0 Å². The molecular formula is C16H31NO. The van der Waals surface area contributed by atoms with E-state index < -0.39 is 0 Å². The molecule has 1 saturated heterocycles. The molecule has 0 spiro atoms. The van der Waals surface area contributed by atoms with E-state index in [4.69, 9.17) is 4.74 Å². The van der Waals surface area contributed by atoms with Crippen LogP contribution in [-0.2, 0) is 4.74 Å². The third-order valence-corrected chi connectivity index (χ3v) is 5.08. The van der Waals surface area contributed by atoms with Crippen LogP contribution in [0.2, 0.25) is 0 Å². The van der Waals surface area contributed by atoms with Crippen molar-refractivity contribution in [3.05, 3.63) is 0 Å². The van der Waals surface area contributed by atoms with Crippen molar-refractivity contribution in [2.45, 2.75) is 71.4 Å². The van der Waals surface area contributed by atoms with Crippen LogP contribution in [0.15, 0.2) is 0 Å². The van der Waals surface area contributed by atoms with Crippen molar-refractivity contribution in [2.24, 2.45) is 17.8 Å². The lowest BCUT2D eigenvalue weighted by Crippen LogP contribution is -2.39. The van der Waals surface area contributed by atoms with Crippen molar-refractivity contribution in [1.82, 2.24) is 5.32 Å². The van der Waals surface area contributed by atoms with Gasteiger partial charge in [0, 0.05) is 19.2 Å². The van der Waals surface area contributed by atoms with Crippen molar-refractivity contribution in [3.63, 3.8) is 0 Å². The normalized spacial score (nSPS) is 37.3. The molecule has 0 radical (unpaired) electrons. The number of hydrogen-bond acceptors (Lipinski definition) is 2. The minimum absolute atomic E-state index is 0.516. The molecule has 106 valence electrons. The molecule has 4 unspecified atom stereocenters. The highest BCUT2D eigenvalue weighted by Crippen LogP contribution is 2.30. The Morgan fingerprint density at radius 1 is 1.22 bits per heavy atom. The summed E-state index contributed by atoms with van der Waals surface area (Å²) in [5.74, 6) is 2.56. The van der Waals surface area contributed by atoms with Gasteiger partial charge in [-0.1, -0.05) is 33.6 Å². The molecule has 18 heavy (non-hydrogen) atoms. The Labute approximate surface area is 113 Å². The van der Waals surface area contributed by atoms with Crippen molar-refractivity contribution in [3.8, 4) is 0 Å². The molecule has 2 nitrogen and oxygen atoms in total. The molecule has 0 aromatic heterocycles. The maximum atomic E-state index is 5.77. The van der Waals surface area contributed by atoms with Gasteiger partial charge in [0.05, 0.1) is 6.10 Å². The number of hydrogen-bond donors (Lipinski definition) is 1. The van der Waals surface area contributed by atoms with Gasteiger partial charge in [-0.15, -0.1) is 0 Å². The molecule has 1 aliphatic carbocycles. The van der Waals surface area contributed by atoms with Gasteiger partial charge in [0.15, 0.2) is 0 Å². The summed E-state index contributed by atoms with van der Waals surface area (Å²) in [4.78, 5) is 0. The summed E-state index contributed by atoms with van der Waals surface area (Å²) in [6.45, 7) is 9.16. The van der Waals surface area contributed by atoms with Crippen LogP contribution in [0, 0.1) is 17.8 Å². The maximum absolute atomic E-state index is 5.77. The van der Waals surface area contributed by atoms with Crippen molar-refractivity contribution >= 4 is 0 Å². The van der Waals surface area contributed by atoms with Gasteiger partial charge in [-0.2, -0.15) is 0 Å². The highest BCUT2D eigenvalue weighted by Gasteiger charge is 2.29. The Morgan fingerprint density at radius 2 is 2.06 bits per heavy atom. The Balaban J connectivity index is 1.72. The second-order valence-electron chi connectivity index (χ2n) is 6.64.